The first-order valence-electron chi connectivity index (χ1n) is 9.00. The van der Waals surface area contributed by atoms with E-state index in [1.54, 1.807) is 12.4 Å². The standard InChI is InChI=1S/C12H11N.C7H9N.C5H4BrN/c1-2-4-11(5-3-1)10-12-6-8-13-9-7-12;1-6-3-4-8-5-7(6)2;6-5-2-1-3-7-4-5/h1-9H,10H2;3-5H,1-2H3;1-4H. The van der Waals surface area contributed by atoms with Gasteiger partial charge in [-0.2, -0.15) is 0 Å². The van der Waals surface area contributed by atoms with Crippen LogP contribution in [-0.4, -0.2) is 15.0 Å². The van der Waals surface area contributed by atoms with Gasteiger partial charge in [-0.1, -0.05) is 30.3 Å². The molecule has 3 nitrogen and oxygen atoms in total. The van der Waals surface area contributed by atoms with Gasteiger partial charge in [0.1, 0.15) is 0 Å². The number of pyridine rings is 3. The largest absolute Gasteiger partial charge is 0.265 e. The van der Waals surface area contributed by atoms with E-state index in [4.69, 9.17) is 0 Å². The van der Waals surface area contributed by atoms with Crippen LogP contribution in [0.25, 0.3) is 0 Å². The van der Waals surface area contributed by atoms with Gasteiger partial charge in [0.2, 0.25) is 0 Å². The average molecular weight is 434 g/mol. The van der Waals surface area contributed by atoms with E-state index in [1.807, 2.05) is 61.2 Å². The van der Waals surface area contributed by atoms with Gasteiger partial charge in [-0.05, 0) is 88.8 Å². The van der Waals surface area contributed by atoms with Crippen molar-refractivity contribution in [2.75, 3.05) is 0 Å². The molecule has 3 aromatic heterocycles. The van der Waals surface area contributed by atoms with Crippen molar-refractivity contribution >= 4 is 15.9 Å². The third-order valence-corrected chi connectivity index (χ3v) is 4.40. The molecule has 4 rings (SSSR count). The molecule has 0 spiro atoms. The minimum Gasteiger partial charge on any atom is -0.265 e. The topological polar surface area (TPSA) is 38.7 Å². The Morgan fingerprint density at radius 1 is 0.607 bits per heavy atom. The maximum atomic E-state index is 3.99. The van der Waals surface area contributed by atoms with Gasteiger partial charge in [0, 0.05) is 41.7 Å². The predicted octanol–water partition coefficient (Wildman–Crippen LogP) is 6.21. The Balaban J connectivity index is 0.000000161. The highest BCUT2D eigenvalue weighted by Crippen LogP contribution is 2.07. The molecule has 0 aliphatic heterocycles. The van der Waals surface area contributed by atoms with E-state index in [0.29, 0.717) is 0 Å². The first-order valence-corrected chi connectivity index (χ1v) is 9.80. The zero-order valence-corrected chi connectivity index (χ0v) is 17.8. The van der Waals surface area contributed by atoms with E-state index in [2.05, 4.69) is 69.0 Å². The summed E-state index contributed by atoms with van der Waals surface area (Å²) in [5.74, 6) is 0. The lowest BCUT2D eigenvalue weighted by Gasteiger charge is -1.99. The average Bonchev–Trinajstić information content (AvgIpc) is 2.73. The van der Waals surface area contributed by atoms with Crippen molar-refractivity contribution in [1.82, 2.24) is 15.0 Å². The van der Waals surface area contributed by atoms with E-state index in [1.165, 1.54) is 22.3 Å². The van der Waals surface area contributed by atoms with Crippen molar-refractivity contribution in [3.05, 3.63) is 125 Å². The van der Waals surface area contributed by atoms with Crippen LogP contribution in [0.5, 0.6) is 0 Å². The number of nitrogens with zero attached hydrogens (tertiary/aromatic N) is 3. The summed E-state index contributed by atoms with van der Waals surface area (Å²) in [7, 11) is 0. The van der Waals surface area contributed by atoms with Crippen LogP contribution in [-0.2, 0) is 6.42 Å². The lowest BCUT2D eigenvalue weighted by Crippen LogP contribution is -1.86. The van der Waals surface area contributed by atoms with E-state index < -0.39 is 0 Å². The molecule has 4 heteroatoms. The second kappa shape index (κ2) is 12.5. The summed E-state index contributed by atoms with van der Waals surface area (Å²) >= 11 is 3.25. The van der Waals surface area contributed by atoms with Crippen LogP contribution >= 0.6 is 15.9 Å². The van der Waals surface area contributed by atoms with Gasteiger partial charge in [-0.15, -0.1) is 0 Å². The van der Waals surface area contributed by atoms with Crippen molar-refractivity contribution in [2.24, 2.45) is 0 Å². The summed E-state index contributed by atoms with van der Waals surface area (Å²) in [4.78, 5) is 11.8. The van der Waals surface area contributed by atoms with Gasteiger partial charge in [-0.3, -0.25) is 15.0 Å². The SMILES string of the molecule is Brc1cccnc1.Cc1ccncc1C.c1ccc(Cc2ccncc2)cc1. The van der Waals surface area contributed by atoms with E-state index in [-0.39, 0.29) is 0 Å². The first kappa shape index (κ1) is 21.5. The molecule has 1 aromatic carbocycles. The zero-order chi connectivity index (χ0) is 20.0. The Morgan fingerprint density at radius 3 is 1.75 bits per heavy atom. The Hall–Kier alpha value is -2.85. The van der Waals surface area contributed by atoms with Crippen LogP contribution in [0.3, 0.4) is 0 Å². The lowest BCUT2D eigenvalue weighted by atomic mass is 10.1. The summed E-state index contributed by atoms with van der Waals surface area (Å²) < 4.78 is 1.02. The normalized spacial score (nSPS) is 9.39. The fraction of sp³-hybridized carbons (Fsp3) is 0.125. The van der Waals surface area contributed by atoms with E-state index >= 15 is 0 Å². The molecule has 0 saturated carbocycles. The smallest absolute Gasteiger partial charge is 0.0410 e. The van der Waals surface area contributed by atoms with Crippen molar-refractivity contribution in [3.63, 3.8) is 0 Å². The Kier molecular flexibility index (Phi) is 9.59. The summed E-state index contributed by atoms with van der Waals surface area (Å²) in [6, 6.07) is 20.4. The summed E-state index contributed by atoms with van der Waals surface area (Å²) in [5.41, 5.74) is 5.21. The van der Waals surface area contributed by atoms with Gasteiger partial charge in [-0.25, -0.2) is 0 Å². The van der Waals surface area contributed by atoms with Crippen molar-refractivity contribution in [2.45, 2.75) is 20.3 Å². The zero-order valence-electron chi connectivity index (χ0n) is 16.2. The quantitative estimate of drug-likeness (QED) is 0.376. The number of aromatic nitrogens is 3. The molecule has 4 aromatic rings. The highest BCUT2D eigenvalue weighted by molar-refractivity contribution is 9.10. The summed E-state index contributed by atoms with van der Waals surface area (Å²) in [5, 5.41) is 0. The molecule has 0 saturated heterocycles. The van der Waals surface area contributed by atoms with Crippen LogP contribution in [0.2, 0.25) is 0 Å². The molecule has 0 fully saturated rings. The van der Waals surface area contributed by atoms with Gasteiger partial charge < -0.3 is 0 Å². The lowest BCUT2D eigenvalue weighted by molar-refractivity contribution is 1.16. The number of aryl methyl sites for hydroxylation is 2. The maximum absolute atomic E-state index is 3.99. The number of rotatable bonds is 2. The molecule has 0 aliphatic carbocycles. The van der Waals surface area contributed by atoms with Crippen LogP contribution in [0.1, 0.15) is 22.3 Å². The van der Waals surface area contributed by atoms with Gasteiger partial charge in [0.25, 0.3) is 0 Å². The molecular weight excluding hydrogens is 410 g/mol. The molecule has 3 heterocycles. The molecule has 28 heavy (non-hydrogen) atoms. The van der Waals surface area contributed by atoms with E-state index in [0.717, 1.165) is 10.9 Å². The Morgan fingerprint density at radius 2 is 1.25 bits per heavy atom. The van der Waals surface area contributed by atoms with Crippen molar-refractivity contribution in [3.8, 4) is 0 Å². The molecule has 0 N–H and O–H groups in total. The molecule has 0 bridgehead atoms. The molecule has 0 radical (unpaired) electrons. The fourth-order valence-corrected chi connectivity index (χ4v) is 2.49. The highest BCUT2D eigenvalue weighted by atomic mass is 79.9. The van der Waals surface area contributed by atoms with Crippen LogP contribution in [0, 0.1) is 13.8 Å². The monoisotopic (exact) mass is 433 g/mol. The minimum atomic E-state index is 0.989. The second-order valence-corrected chi connectivity index (χ2v) is 7.06. The highest BCUT2D eigenvalue weighted by Gasteiger charge is 1.93. The van der Waals surface area contributed by atoms with Crippen molar-refractivity contribution < 1.29 is 0 Å². The van der Waals surface area contributed by atoms with Gasteiger partial charge in [0.15, 0.2) is 0 Å². The molecule has 0 aliphatic rings. The van der Waals surface area contributed by atoms with Crippen LogP contribution < -0.4 is 0 Å². The predicted molar refractivity (Wildman–Crippen MR) is 119 cm³/mol. The third-order valence-electron chi connectivity index (χ3n) is 3.93. The van der Waals surface area contributed by atoms with Crippen LogP contribution in [0.15, 0.2) is 102 Å². The Labute approximate surface area is 175 Å². The molecule has 0 amide bonds. The number of halogens is 1. The number of hydrogen-bond acceptors (Lipinski definition) is 3. The maximum Gasteiger partial charge on any atom is 0.0410 e. The molecule has 0 atom stereocenters. The number of hydrogen-bond donors (Lipinski definition) is 0. The second-order valence-electron chi connectivity index (χ2n) is 6.15. The first-order chi connectivity index (χ1) is 13.6. The Bertz CT molecular complexity index is 855. The summed E-state index contributed by atoms with van der Waals surface area (Å²) in [6.07, 6.45) is 11.8. The molecule has 0 unspecified atom stereocenters. The van der Waals surface area contributed by atoms with Gasteiger partial charge >= 0.3 is 0 Å². The molecular formula is C24H24BrN3. The van der Waals surface area contributed by atoms with E-state index in [9.17, 15) is 0 Å². The summed E-state index contributed by atoms with van der Waals surface area (Å²) in [6.45, 7) is 4.14. The third kappa shape index (κ3) is 8.69. The van der Waals surface area contributed by atoms with Gasteiger partial charge in [0.05, 0.1) is 0 Å². The fourth-order valence-electron chi connectivity index (χ4n) is 2.22. The van der Waals surface area contributed by atoms with Crippen molar-refractivity contribution in [1.29, 1.82) is 0 Å². The molecule has 142 valence electrons. The number of benzene rings is 1. The van der Waals surface area contributed by atoms with Crippen LogP contribution in [0.4, 0.5) is 0 Å². The minimum absolute atomic E-state index is 0.989.